The second-order valence-corrected chi connectivity index (χ2v) is 5.31. The molecule has 86 valence electrons. The second-order valence-electron chi connectivity index (χ2n) is 4.06. The fourth-order valence-electron chi connectivity index (χ4n) is 1.93. The number of halogens is 1. The molecular formula is C12H15IN2O. The lowest BCUT2D eigenvalue weighted by molar-refractivity contribution is 0.0655. The Labute approximate surface area is 109 Å². The van der Waals surface area contributed by atoms with Gasteiger partial charge in [-0.05, 0) is 47.7 Å². The van der Waals surface area contributed by atoms with E-state index in [1.807, 2.05) is 29.2 Å². The summed E-state index contributed by atoms with van der Waals surface area (Å²) < 4.78 is 1.10. The smallest absolute Gasteiger partial charge is 0.254 e. The molecule has 1 aliphatic rings. The molecule has 1 atom stereocenters. The fourth-order valence-corrected chi connectivity index (χ4v) is 2.47. The van der Waals surface area contributed by atoms with Gasteiger partial charge >= 0.3 is 0 Å². The first-order valence-corrected chi connectivity index (χ1v) is 6.53. The van der Waals surface area contributed by atoms with Crippen LogP contribution in [0.5, 0.6) is 0 Å². The fraction of sp³-hybridized carbons (Fsp3) is 0.417. The number of benzene rings is 1. The highest BCUT2D eigenvalue weighted by Crippen LogP contribution is 2.13. The van der Waals surface area contributed by atoms with Crippen molar-refractivity contribution in [2.45, 2.75) is 13.0 Å². The summed E-state index contributed by atoms with van der Waals surface area (Å²) in [5.74, 6) is 0.146. The van der Waals surface area contributed by atoms with Crippen molar-refractivity contribution in [1.82, 2.24) is 10.2 Å². The van der Waals surface area contributed by atoms with Gasteiger partial charge in [0, 0.05) is 34.8 Å². The summed E-state index contributed by atoms with van der Waals surface area (Å²) >= 11 is 2.23. The third kappa shape index (κ3) is 2.55. The molecule has 1 fully saturated rings. The standard InChI is InChI=1S/C12H15IN2O/c1-9-8-14-5-6-15(9)12(16)10-3-2-4-11(13)7-10/h2-4,7,9,14H,5-6,8H2,1H3. The van der Waals surface area contributed by atoms with Crippen LogP contribution >= 0.6 is 22.6 Å². The van der Waals surface area contributed by atoms with Crippen molar-refractivity contribution >= 4 is 28.5 Å². The van der Waals surface area contributed by atoms with E-state index >= 15 is 0 Å². The topological polar surface area (TPSA) is 32.3 Å². The van der Waals surface area contributed by atoms with Gasteiger partial charge in [-0.1, -0.05) is 6.07 Å². The van der Waals surface area contributed by atoms with E-state index in [2.05, 4.69) is 34.8 Å². The van der Waals surface area contributed by atoms with Crippen molar-refractivity contribution in [3.05, 3.63) is 33.4 Å². The quantitative estimate of drug-likeness (QED) is 0.796. The maximum absolute atomic E-state index is 12.3. The van der Waals surface area contributed by atoms with Crippen LogP contribution in [0.4, 0.5) is 0 Å². The molecular weight excluding hydrogens is 315 g/mol. The maximum Gasteiger partial charge on any atom is 0.254 e. The molecule has 4 heteroatoms. The molecule has 1 heterocycles. The van der Waals surface area contributed by atoms with Crippen LogP contribution in [0.2, 0.25) is 0 Å². The highest BCUT2D eigenvalue weighted by Gasteiger charge is 2.23. The molecule has 1 amide bonds. The largest absolute Gasteiger partial charge is 0.333 e. The van der Waals surface area contributed by atoms with Gasteiger partial charge in [-0.15, -0.1) is 0 Å². The third-order valence-electron chi connectivity index (χ3n) is 2.83. The lowest BCUT2D eigenvalue weighted by atomic mass is 10.1. The molecule has 16 heavy (non-hydrogen) atoms. The van der Waals surface area contributed by atoms with E-state index in [1.54, 1.807) is 0 Å². The number of piperazine rings is 1. The van der Waals surface area contributed by atoms with Crippen molar-refractivity contribution in [2.24, 2.45) is 0 Å². The average molecular weight is 330 g/mol. The molecule has 0 aromatic heterocycles. The van der Waals surface area contributed by atoms with Gasteiger partial charge in [0.1, 0.15) is 0 Å². The van der Waals surface area contributed by atoms with Crippen LogP contribution in [-0.2, 0) is 0 Å². The van der Waals surface area contributed by atoms with E-state index in [0.29, 0.717) is 0 Å². The molecule has 0 spiro atoms. The highest BCUT2D eigenvalue weighted by molar-refractivity contribution is 14.1. The van der Waals surface area contributed by atoms with Crippen molar-refractivity contribution < 1.29 is 4.79 Å². The van der Waals surface area contributed by atoms with Gasteiger partial charge in [-0.25, -0.2) is 0 Å². The first kappa shape index (κ1) is 11.9. The Morgan fingerprint density at radius 2 is 2.38 bits per heavy atom. The zero-order chi connectivity index (χ0) is 11.5. The zero-order valence-electron chi connectivity index (χ0n) is 9.24. The number of amides is 1. The van der Waals surface area contributed by atoms with Crippen LogP contribution in [0.15, 0.2) is 24.3 Å². The Morgan fingerprint density at radius 1 is 1.56 bits per heavy atom. The first-order chi connectivity index (χ1) is 7.68. The molecule has 0 aliphatic carbocycles. The lowest BCUT2D eigenvalue weighted by Gasteiger charge is -2.34. The van der Waals surface area contributed by atoms with Gasteiger partial charge in [0.25, 0.3) is 5.91 Å². The predicted octanol–water partition coefficient (Wildman–Crippen LogP) is 1.73. The highest BCUT2D eigenvalue weighted by atomic mass is 127. The van der Waals surface area contributed by atoms with Crippen LogP contribution in [0, 0.1) is 3.57 Å². The monoisotopic (exact) mass is 330 g/mol. The molecule has 0 radical (unpaired) electrons. The number of hydrogen-bond donors (Lipinski definition) is 1. The normalized spacial score (nSPS) is 20.9. The number of carbonyl (C=O) groups excluding carboxylic acids is 1. The Kier molecular flexibility index (Phi) is 3.81. The zero-order valence-corrected chi connectivity index (χ0v) is 11.4. The minimum Gasteiger partial charge on any atom is -0.333 e. The Balaban J connectivity index is 2.17. The summed E-state index contributed by atoms with van der Waals surface area (Å²) in [5, 5.41) is 3.29. The SMILES string of the molecule is CC1CNCCN1C(=O)c1cccc(I)c1. The maximum atomic E-state index is 12.3. The molecule has 3 nitrogen and oxygen atoms in total. The summed E-state index contributed by atoms with van der Waals surface area (Å²) in [6.45, 7) is 4.65. The Bertz CT molecular complexity index is 394. The predicted molar refractivity (Wildman–Crippen MR) is 72.5 cm³/mol. The summed E-state index contributed by atoms with van der Waals surface area (Å²) in [5.41, 5.74) is 0.792. The van der Waals surface area contributed by atoms with Crippen LogP contribution in [-0.4, -0.2) is 36.5 Å². The second kappa shape index (κ2) is 5.14. The molecule has 1 N–H and O–H groups in total. The van der Waals surface area contributed by atoms with E-state index < -0.39 is 0 Å². The first-order valence-electron chi connectivity index (χ1n) is 5.46. The Hall–Kier alpha value is -0.620. The Morgan fingerprint density at radius 3 is 3.06 bits per heavy atom. The summed E-state index contributed by atoms with van der Waals surface area (Å²) in [4.78, 5) is 14.2. The van der Waals surface area contributed by atoms with Gasteiger partial charge in [0.05, 0.1) is 0 Å². The molecule has 2 rings (SSSR count). The average Bonchev–Trinajstić information content (AvgIpc) is 2.29. The van der Waals surface area contributed by atoms with Gasteiger partial charge in [0.2, 0.25) is 0 Å². The molecule has 1 aliphatic heterocycles. The number of rotatable bonds is 1. The molecule has 1 unspecified atom stereocenters. The van der Waals surface area contributed by atoms with E-state index in [1.165, 1.54) is 0 Å². The summed E-state index contributed by atoms with van der Waals surface area (Å²) in [7, 11) is 0. The number of nitrogens with zero attached hydrogens (tertiary/aromatic N) is 1. The van der Waals surface area contributed by atoms with Crippen molar-refractivity contribution in [1.29, 1.82) is 0 Å². The van der Waals surface area contributed by atoms with Crippen molar-refractivity contribution in [3.8, 4) is 0 Å². The van der Waals surface area contributed by atoms with Crippen LogP contribution in [0.1, 0.15) is 17.3 Å². The van der Waals surface area contributed by atoms with Crippen LogP contribution in [0.3, 0.4) is 0 Å². The molecule has 1 saturated heterocycles. The van der Waals surface area contributed by atoms with E-state index in [-0.39, 0.29) is 11.9 Å². The van der Waals surface area contributed by atoms with E-state index in [0.717, 1.165) is 28.8 Å². The summed E-state index contributed by atoms with van der Waals surface area (Å²) in [6.07, 6.45) is 0. The molecule has 1 aromatic carbocycles. The number of carbonyl (C=O) groups is 1. The van der Waals surface area contributed by atoms with Crippen molar-refractivity contribution in [3.63, 3.8) is 0 Å². The minimum absolute atomic E-state index is 0.146. The van der Waals surface area contributed by atoms with E-state index in [4.69, 9.17) is 0 Å². The molecule has 0 bridgehead atoms. The van der Waals surface area contributed by atoms with Crippen molar-refractivity contribution in [2.75, 3.05) is 19.6 Å². The van der Waals surface area contributed by atoms with Gasteiger partial charge in [0.15, 0.2) is 0 Å². The van der Waals surface area contributed by atoms with Gasteiger partial charge in [-0.3, -0.25) is 4.79 Å². The third-order valence-corrected chi connectivity index (χ3v) is 3.50. The van der Waals surface area contributed by atoms with E-state index in [9.17, 15) is 4.79 Å². The minimum atomic E-state index is 0.146. The summed E-state index contributed by atoms with van der Waals surface area (Å²) in [6, 6.07) is 8.04. The van der Waals surface area contributed by atoms with Crippen LogP contribution in [0.25, 0.3) is 0 Å². The van der Waals surface area contributed by atoms with Gasteiger partial charge < -0.3 is 10.2 Å². The van der Waals surface area contributed by atoms with Crippen LogP contribution < -0.4 is 5.32 Å². The number of hydrogen-bond acceptors (Lipinski definition) is 2. The lowest BCUT2D eigenvalue weighted by Crippen LogP contribution is -2.52. The molecule has 0 saturated carbocycles. The van der Waals surface area contributed by atoms with Gasteiger partial charge in [-0.2, -0.15) is 0 Å². The molecule has 1 aromatic rings. The number of nitrogens with one attached hydrogen (secondary N) is 1.